The van der Waals surface area contributed by atoms with Crippen molar-refractivity contribution in [2.24, 2.45) is 0 Å². The summed E-state index contributed by atoms with van der Waals surface area (Å²) >= 11 is 0. The predicted molar refractivity (Wildman–Crippen MR) is 80.9 cm³/mol. The highest BCUT2D eigenvalue weighted by Gasteiger charge is 2.20. The maximum Gasteiger partial charge on any atom is 0.191 e. The Morgan fingerprint density at radius 2 is 1.86 bits per heavy atom. The second kappa shape index (κ2) is 5.41. The van der Waals surface area contributed by atoms with E-state index >= 15 is 0 Å². The molecule has 0 N–H and O–H groups in total. The molecule has 0 aliphatic rings. The first-order valence-electron chi connectivity index (χ1n) is 6.80. The average Bonchev–Trinajstić information content (AvgIpc) is 2.94. The monoisotopic (exact) mass is 292 g/mol. The van der Waals surface area contributed by atoms with E-state index in [1.807, 2.05) is 38.1 Å². The van der Waals surface area contributed by atoms with Gasteiger partial charge in [0.1, 0.15) is 17.6 Å². The van der Waals surface area contributed by atoms with Crippen molar-refractivity contribution in [1.29, 1.82) is 5.26 Å². The van der Waals surface area contributed by atoms with Crippen LogP contribution in [0.1, 0.15) is 16.8 Å². The Balaban J connectivity index is 2.32. The first-order chi connectivity index (χ1) is 10.6. The van der Waals surface area contributed by atoms with Gasteiger partial charge in [-0.05, 0) is 43.2 Å². The van der Waals surface area contributed by atoms with Gasteiger partial charge < -0.3 is 0 Å². The lowest BCUT2D eigenvalue weighted by molar-refractivity contribution is 0.629. The minimum Gasteiger partial charge on any atom is -0.211 e. The zero-order chi connectivity index (χ0) is 15.7. The highest BCUT2D eigenvalue weighted by atomic mass is 19.1. The summed E-state index contributed by atoms with van der Waals surface area (Å²) in [6.45, 7) is 3.95. The van der Waals surface area contributed by atoms with Gasteiger partial charge in [-0.1, -0.05) is 29.5 Å². The van der Waals surface area contributed by atoms with E-state index in [1.54, 1.807) is 18.2 Å². The summed E-state index contributed by atoms with van der Waals surface area (Å²) < 4.78 is 15.7. The molecular weight excluding hydrogens is 279 g/mol. The molecule has 5 heteroatoms. The first kappa shape index (κ1) is 14.0. The van der Waals surface area contributed by atoms with Gasteiger partial charge in [0, 0.05) is 5.56 Å². The van der Waals surface area contributed by atoms with Crippen molar-refractivity contribution in [1.82, 2.24) is 15.0 Å². The summed E-state index contributed by atoms with van der Waals surface area (Å²) in [6.07, 6.45) is 0. The zero-order valence-electron chi connectivity index (χ0n) is 12.2. The molecule has 0 radical (unpaired) electrons. The van der Waals surface area contributed by atoms with Crippen molar-refractivity contribution >= 4 is 0 Å². The predicted octanol–water partition coefficient (Wildman–Crippen LogP) is 3.56. The van der Waals surface area contributed by atoms with Gasteiger partial charge in [0.05, 0.1) is 5.69 Å². The van der Waals surface area contributed by atoms with Crippen molar-refractivity contribution in [2.45, 2.75) is 13.8 Å². The number of hydrogen-bond donors (Lipinski definition) is 0. The Morgan fingerprint density at radius 1 is 1.09 bits per heavy atom. The van der Waals surface area contributed by atoms with Gasteiger partial charge in [-0.25, -0.2) is 9.07 Å². The Hall–Kier alpha value is -3.00. The molecule has 0 saturated heterocycles. The van der Waals surface area contributed by atoms with Crippen LogP contribution in [0.25, 0.3) is 16.9 Å². The topological polar surface area (TPSA) is 54.5 Å². The molecule has 0 spiro atoms. The fraction of sp³-hybridized carbons (Fsp3) is 0.118. The zero-order valence-corrected chi connectivity index (χ0v) is 12.2. The van der Waals surface area contributed by atoms with E-state index in [4.69, 9.17) is 0 Å². The van der Waals surface area contributed by atoms with Crippen LogP contribution in [-0.2, 0) is 0 Å². The maximum atomic E-state index is 14.2. The van der Waals surface area contributed by atoms with Crippen LogP contribution < -0.4 is 0 Å². The Labute approximate surface area is 127 Å². The summed E-state index contributed by atoms with van der Waals surface area (Å²) in [7, 11) is 0. The molecule has 0 amide bonds. The van der Waals surface area contributed by atoms with Crippen LogP contribution >= 0.6 is 0 Å². The first-order valence-corrected chi connectivity index (χ1v) is 6.80. The number of halogens is 1. The van der Waals surface area contributed by atoms with Gasteiger partial charge >= 0.3 is 0 Å². The van der Waals surface area contributed by atoms with Crippen LogP contribution in [0.5, 0.6) is 0 Å². The second-order valence-corrected chi connectivity index (χ2v) is 5.01. The van der Waals surface area contributed by atoms with Gasteiger partial charge in [-0.3, -0.25) is 0 Å². The average molecular weight is 292 g/mol. The fourth-order valence-corrected chi connectivity index (χ4v) is 2.39. The molecule has 1 aromatic heterocycles. The third-order valence-electron chi connectivity index (χ3n) is 3.71. The number of nitriles is 1. The van der Waals surface area contributed by atoms with E-state index in [0.717, 1.165) is 16.8 Å². The van der Waals surface area contributed by atoms with Gasteiger partial charge in [0.2, 0.25) is 0 Å². The fourth-order valence-electron chi connectivity index (χ4n) is 2.39. The summed E-state index contributed by atoms with van der Waals surface area (Å²) in [5.41, 5.74) is 3.66. The number of benzene rings is 2. The van der Waals surface area contributed by atoms with E-state index in [2.05, 4.69) is 10.3 Å². The number of aromatic nitrogens is 3. The van der Waals surface area contributed by atoms with E-state index < -0.39 is 5.82 Å². The smallest absolute Gasteiger partial charge is 0.191 e. The molecule has 108 valence electrons. The molecule has 4 nitrogen and oxygen atoms in total. The molecule has 0 aliphatic heterocycles. The number of nitrogens with zero attached hydrogens (tertiary/aromatic N) is 4. The Morgan fingerprint density at radius 3 is 2.59 bits per heavy atom. The Bertz CT molecular complexity index is 890. The summed E-state index contributed by atoms with van der Waals surface area (Å²) in [4.78, 5) is 0. The summed E-state index contributed by atoms with van der Waals surface area (Å²) in [6, 6.07) is 14.1. The van der Waals surface area contributed by atoms with Crippen molar-refractivity contribution in [3.8, 4) is 23.0 Å². The number of hydrogen-bond acceptors (Lipinski definition) is 3. The van der Waals surface area contributed by atoms with E-state index in [9.17, 15) is 9.65 Å². The third-order valence-corrected chi connectivity index (χ3v) is 3.71. The van der Waals surface area contributed by atoms with Crippen LogP contribution in [0.2, 0.25) is 0 Å². The van der Waals surface area contributed by atoms with Crippen LogP contribution in [0.3, 0.4) is 0 Å². The van der Waals surface area contributed by atoms with Gasteiger partial charge in [0.25, 0.3) is 0 Å². The number of rotatable bonds is 2. The Kier molecular flexibility index (Phi) is 3.43. The molecule has 1 heterocycles. The highest BCUT2D eigenvalue weighted by molar-refractivity contribution is 5.68. The van der Waals surface area contributed by atoms with E-state index in [-0.39, 0.29) is 5.69 Å². The van der Waals surface area contributed by atoms with Crippen LogP contribution in [0, 0.1) is 31.0 Å². The maximum absolute atomic E-state index is 14.2. The normalized spacial score (nSPS) is 10.5. The molecule has 0 aliphatic carbocycles. The molecule has 0 unspecified atom stereocenters. The highest BCUT2D eigenvalue weighted by Crippen LogP contribution is 2.28. The quantitative estimate of drug-likeness (QED) is 0.725. The largest absolute Gasteiger partial charge is 0.211 e. The molecule has 3 rings (SSSR count). The third kappa shape index (κ3) is 2.15. The van der Waals surface area contributed by atoms with Crippen LogP contribution in [0.4, 0.5) is 4.39 Å². The molecule has 0 fully saturated rings. The lowest BCUT2D eigenvalue weighted by Gasteiger charge is -2.11. The minimum atomic E-state index is -0.409. The lowest BCUT2D eigenvalue weighted by atomic mass is 10.1. The van der Waals surface area contributed by atoms with E-state index in [0.29, 0.717) is 11.3 Å². The van der Waals surface area contributed by atoms with Crippen molar-refractivity contribution < 1.29 is 4.39 Å². The van der Waals surface area contributed by atoms with Crippen LogP contribution in [0.15, 0.2) is 42.5 Å². The summed E-state index contributed by atoms with van der Waals surface area (Å²) in [5, 5.41) is 17.2. The molecule has 0 bridgehead atoms. The SMILES string of the molecule is Cc1cccc(-n2nnc(C#N)c2-c2ccccc2F)c1C. The van der Waals surface area contributed by atoms with Gasteiger partial charge in [-0.15, -0.1) is 5.10 Å². The minimum absolute atomic E-state index is 0.103. The van der Waals surface area contributed by atoms with Gasteiger partial charge in [0.15, 0.2) is 5.69 Å². The molecule has 2 aromatic carbocycles. The molecule has 0 atom stereocenters. The molecular formula is C17H13FN4. The standard InChI is InChI=1S/C17H13FN4/c1-11-6-5-9-16(12(11)2)22-17(15(10-19)20-21-22)13-7-3-4-8-14(13)18/h3-9H,1-2H3. The molecule has 22 heavy (non-hydrogen) atoms. The van der Waals surface area contributed by atoms with Crippen molar-refractivity contribution in [3.63, 3.8) is 0 Å². The molecule has 3 aromatic rings. The molecule has 0 saturated carbocycles. The lowest BCUT2D eigenvalue weighted by Crippen LogP contribution is -2.04. The van der Waals surface area contributed by atoms with Gasteiger partial charge in [-0.2, -0.15) is 5.26 Å². The van der Waals surface area contributed by atoms with Crippen molar-refractivity contribution in [3.05, 3.63) is 65.1 Å². The second-order valence-electron chi connectivity index (χ2n) is 5.01. The van der Waals surface area contributed by atoms with Crippen LogP contribution in [-0.4, -0.2) is 15.0 Å². The summed E-state index contributed by atoms with van der Waals surface area (Å²) in [5.74, 6) is -0.409. The van der Waals surface area contributed by atoms with E-state index in [1.165, 1.54) is 10.7 Å². The van der Waals surface area contributed by atoms with Crippen molar-refractivity contribution in [2.75, 3.05) is 0 Å². The number of aryl methyl sites for hydroxylation is 1.